The summed E-state index contributed by atoms with van der Waals surface area (Å²) in [5, 5.41) is 0. The van der Waals surface area contributed by atoms with Gasteiger partial charge in [0, 0.05) is 17.3 Å². The summed E-state index contributed by atoms with van der Waals surface area (Å²) >= 11 is 3.47. The minimum Gasteiger partial charge on any atom is -0.496 e. The Morgan fingerprint density at radius 1 is 1.25 bits per heavy atom. The van der Waals surface area contributed by atoms with Gasteiger partial charge in [-0.3, -0.25) is 0 Å². The van der Waals surface area contributed by atoms with Crippen LogP contribution in [-0.2, 0) is 6.42 Å². The third-order valence-electron chi connectivity index (χ3n) is 2.83. The number of nitrogens with zero attached hydrogens (tertiary/aromatic N) is 2. The number of hydrogen-bond donors (Lipinski definition) is 1. The number of rotatable bonds is 4. The van der Waals surface area contributed by atoms with Gasteiger partial charge in [-0.25, -0.2) is 9.97 Å². The molecule has 0 aliphatic carbocycles. The monoisotopic (exact) mass is 335 g/mol. The van der Waals surface area contributed by atoms with Gasteiger partial charge in [-0.05, 0) is 46.5 Å². The highest BCUT2D eigenvalue weighted by atomic mass is 79.9. The molecule has 106 valence electrons. The van der Waals surface area contributed by atoms with Gasteiger partial charge in [-0.1, -0.05) is 13.8 Å². The first-order valence-corrected chi connectivity index (χ1v) is 7.26. The smallest absolute Gasteiger partial charge is 0.161 e. The molecule has 0 spiro atoms. The van der Waals surface area contributed by atoms with Crippen molar-refractivity contribution in [2.75, 3.05) is 12.8 Å². The number of anilines is 1. The molecule has 4 nitrogen and oxygen atoms in total. The number of nitrogens with two attached hydrogens (primary N) is 1. The maximum atomic E-state index is 5.88. The molecule has 0 radical (unpaired) electrons. The Hall–Kier alpha value is -1.62. The molecule has 1 aromatic carbocycles. The molecule has 0 atom stereocenters. The van der Waals surface area contributed by atoms with Gasteiger partial charge < -0.3 is 10.5 Å². The minimum atomic E-state index is 0.498. The van der Waals surface area contributed by atoms with Crippen molar-refractivity contribution in [3.63, 3.8) is 0 Å². The fraction of sp³-hybridized carbons (Fsp3) is 0.333. The second-order valence-corrected chi connectivity index (χ2v) is 5.91. The van der Waals surface area contributed by atoms with Gasteiger partial charge in [0.2, 0.25) is 0 Å². The van der Waals surface area contributed by atoms with E-state index in [-0.39, 0.29) is 0 Å². The van der Waals surface area contributed by atoms with E-state index in [4.69, 9.17) is 10.5 Å². The van der Waals surface area contributed by atoms with Crippen LogP contribution < -0.4 is 10.5 Å². The van der Waals surface area contributed by atoms with E-state index < -0.39 is 0 Å². The van der Waals surface area contributed by atoms with Gasteiger partial charge in [-0.15, -0.1) is 0 Å². The van der Waals surface area contributed by atoms with Crippen molar-refractivity contribution in [2.45, 2.75) is 20.3 Å². The average molecular weight is 336 g/mol. The summed E-state index contributed by atoms with van der Waals surface area (Å²) < 4.78 is 6.09. The molecule has 0 amide bonds. The topological polar surface area (TPSA) is 61.0 Å². The largest absolute Gasteiger partial charge is 0.496 e. The van der Waals surface area contributed by atoms with Crippen LogP contribution in [0.5, 0.6) is 5.75 Å². The molecule has 2 N–H and O–H groups in total. The van der Waals surface area contributed by atoms with Crippen molar-refractivity contribution in [3.05, 3.63) is 34.4 Å². The summed E-state index contributed by atoms with van der Waals surface area (Å²) in [5.74, 6) is 2.45. The van der Waals surface area contributed by atoms with Gasteiger partial charge in [-0.2, -0.15) is 0 Å². The maximum absolute atomic E-state index is 5.88. The Balaban J connectivity index is 2.41. The fourth-order valence-electron chi connectivity index (χ4n) is 1.98. The molecule has 0 aliphatic heterocycles. The number of nitrogen functional groups attached to an aromatic ring is 1. The minimum absolute atomic E-state index is 0.498. The first-order valence-electron chi connectivity index (χ1n) is 6.47. The van der Waals surface area contributed by atoms with Crippen LogP contribution in [-0.4, -0.2) is 17.1 Å². The maximum Gasteiger partial charge on any atom is 0.161 e. The highest BCUT2D eigenvalue weighted by Gasteiger charge is 2.09. The summed E-state index contributed by atoms with van der Waals surface area (Å²) in [5.41, 5.74) is 7.76. The molecular weight excluding hydrogens is 318 g/mol. The Kier molecular flexibility index (Phi) is 4.60. The molecule has 20 heavy (non-hydrogen) atoms. The molecule has 5 heteroatoms. The quantitative estimate of drug-likeness (QED) is 0.925. The van der Waals surface area contributed by atoms with E-state index in [0.717, 1.165) is 27.9 Å². The van der Waals surface area contributed by atoms with E-state index in [1.807, 2.05) is 24.3 Å². The lowest BCUT2D eigenvalue weighted by Gasteiger charge is -2.09. The standard InChI is InChI=1S/C15H18BrN3O/c1-9(2)6-11-8-14(17)19-15(18-11)10-4-5-13(20-3)12(16)7-10/h4-5,7-9H,6H2,1-3H3,(H2,17,18,19). The van der Waals surface area contributed by atoms with E-state index in [1.165, 1.54) is 0 Å². The molecule has 1 heterocycles. The summed E-state index contributed by atoms with van der Waals surface area (Å²) in [4.78, 5) is 8.90. The number of halogens is 1. The van der Waals surface area contributed by atoms with Crippen LogP contribution in [0, 0.1) is 5.92 Å². The summed E-state index contributed by atoms with van der Waals surface area (Å²) in [6, 6.07) is 7.58. The Morgan fingerprint density at radius 3 is 2.60 bits per heavy atom. The lowest BCUT2D eigenvalue weighted by atomic mass is 10.1. The van der Waals surface area contributed by atoms with Gasteiger partial charge in [0.05, 0.1) is 11.6 Å². The van der Waals surface area contributed by atoms with E-state index in [2.05, 4.69) is 39.7 Å². The van der Waals surface area contributed by atoms with E-state index >= 15 is 0 Å². The summed E-state index contributed by atoms with van der Waals surface area (Å²) in [6.07, 6.45) is 0.886. The molecule has 0 fully saturated rings. The van der Waals surface area contributed by atoms with Crippen LogP contribution in [0.25, 0.3) is 11.4 Å². The lowest BCUT2D eigenvalue weighted by molar-refractivity contribution is 0.412. The van der Waals surface area contributed by atoms with E-state index in [1.54, 1.807) is 7.11 Å². The molecular formula is C15H18BrN3O. The predicted octanol–water partition coefficient (Wildman–Crippen LogP) is 3.70. The number of aromatic nitrogens is 2. The zero-order valence-electron chi connectivity index (χ0n) is 11.9. The number of ether oxygens (including phenoxy) is 1. The van der Waals surface area contributed by atoms with Gasteiger partial charge >= 0.3 is 0 Å². The fourth-order valence-corrected chi connectivity index (χ4v) is 2.52. The first-order chi connectivity index (χ1) is 9.49. The Bertz CT molecular complexity index is 614. The molecule has 2 aromatic rings. The van der Waals surface area contributed by atoms with Crippen LogP contribution in [0.4, 0.5) is 5.82 Å². The molecule has 0 unspecified atom stereocenters. The van der Waals surface area contributed by atoms with Crippen LogP contribution in [0.2, 0.25) is 0 Å². The van der Waals surface area contributed by atoms with Crippen LogP contribution in [0.1, 0.15) is 19.5 Å². The zero-order chi connectivity index (χ0) is 14.7. The Morgan fingerprint density at radius 2 is 2.00 bits per heavy atom. The molecule has 0 aliphatic rings. The van der Waals surface area contributed by atoms with Crippen molar-refractivity contribution in [3.8, 4) is 17.1 Å². The second kappa shape index (κ2) is 6.22. The molecule has 0 saturated heterocycles. The van der Waals surface area contributed by atoms with Crippen molar-refractivity contribution < 1.29 is 4.74 Å². The van der Waals surface area contributed by atoms with Gasteiger partial charge in [0.15, 0.2) is 5.82 Å². The van der Waals surface area contributed by atoms with Crippen LogP contribution in [0.3, 0.4) is 0 Å². The summed E-state index contributed by atoms with van der Waals surface area (Å²) in [6.45, 7) is 4.31. The lowest BCUT2D eigenvalue weighted by Crippen LogP contribution is -2.03. The van der Waals surface area contributed by atoms with E-state index in [0.29, 0.717) is 17.6 Å². The van der Waals surface area contributed by atoms with Crippen molar-refractivity contribution in [1.29, 1.82) is 0 Å². The van der Waals surface area contributed by atoms with Gasteiger partial charge in [0.25, 0.3) is 0 Å². The van der Waals surface area contributed by atoms with Crippen molar-refractivity contribution in [1.82, 2.24) is 9.97 Å². The average Bonchev–Trinajstić information content (AvgIpc) is 2.37. The first kappa shape index (κ1) is 14.8. The van der Waals surface area contributed by atoms with Crippen LogP contribution in [0.15, 0.2) is 28.7 Å². The molecule has 1 aromatic heterocycles. The second-order valence-electron chi connectivity index (χ2n) is 5.06. The molecule has 0 saturated carbocycles. The highest BCUT2D eigenvalue weighted by Crippen LogP contribution is 2.29. The normalized spacial score (nSPS) is 10.8. The third-order valence-corrected chi connectivity index (χ3v) is 3.45. The number of methoxy groups -OCH3 is 1. The summed E-state index contributed by atoms with van der Waals surface area (Å²) in [7, 11) is 1.64. The van der Waals surface area contributed by atoms with Crippen molar-refractivity contribution in [2.24, 2.45) is 5.92 Å². The SMILES string of the molecule is COc1ccc(-c2nc(N)cc(CC(C)C)n2)cc1Br. The highest BCUT2D eigenvalue weighted by molar-refractivity contribution is 9.10. The van der Waals surface area contributed by atoms with E-state index in [9.17, 15) is 0 Å². The van der Waals surface area contributed by atoms with Gasteiger partial charge in [0.1, 0.15) is 11.6 Å². The van der Waals surface area contributed by atoms with Crippen LogP contribution >= 0.6 is 15.9 Å². The molecule has 2 rings (SSSR count). The molecule has 0 bridgehead atoms. The Labute approximate surface area is 127 Å². The van der Waals surface area contributed by atoms with Crippen molar-refractivity contribution >= 4 is 21.7 Å². The number of hydrogen-bond acceptors (Lipinski definition) is 4. The predicted molar refractivity (Wildman–Crippen MR) is 84.7 cm³/mol. The number of benzene rings is 1. The zero-order valence-corrected chi connectivity index (χ0v) is 13.4. The third kappa shape index (κ3) is 3.48.